The van der Waals surface area contributed by atoms with Crippen molar-refractivity contribution in [3.63, 3.8) is 0 Å². The van der Waals surface area contributed by atoms with Crippen LogP contribution in [0.25, 0.3) is 0 Å². The van der Waals surface area contributed by atoms with E-state index in [1.54, 1.807) is 20.8 Å². The van der Waals surface area contributed by atoms with Crippen LogP contribution in [0.2, 0.25) is 0 Å². The Morgan fingerprint density at radius 3 is 2.18 bits per heavy atom. The van der Waals surface area contributed by atoms with Crippen molar-refractivity contribution < 1.29 is 19.8 Å². The molecule has 0 aromatic heterocycles. The molecule has 2 atom stereocenters. The molecule has 98 valence electrons. The number of aliphatic carboxylic acids is 1. The number of rotatable bonds is 2. The quantitative estimate of drug-likeness (QED) is 0.780. The largest absolute Gasteiger partial charge is 0.479 e. The molecule has 2 N–H and O–H groups in total. The van der Waals surface area contributed by atoms with E-state index in [-0.39, 0.29) is 6.04 Å². The van der Waals surface area contributed by atoms with Crippen molar-refractivity contribution in [3.8, 4) is 0 Å². The molecule has 0 radical (unpaired) electrons. The number of carboxylic acids is 1. The minimum atomic E-state index is -1.31. The Morgan fingerprint density at radius 2 is 1.88 bits per heavy atom. The number of likely N-dealkylation sites (tertiary alicyclic amines) is 1. The van der Waals surface area contributed by atoms with Gasteiger partial charge >= 0.3 is 12.1 Å². The van der Waals surface area contributed by atoms with E-state index in [0.717, 1.165) is 4.90 Å². The number of hydrogen-bond donors (Lipinski definition) is 2. The molecular weight excluding hydrogens is 222 g/mol. The van der Waals surface area contributed by atoms with Crippen molar-refractivity contribution in [2.45, 2.75) is 58.5 Å². The first-order valence-corrected chi connectivity index (χ1v) is 5.94. The predicted octanol–water partition coefficient (Wildman–Crippen LogP) is 2.41. The molecule has 1 aliphatic heterocycles. The molecule has 0 bridgehead atoms. The van der Waals surface area contributed by atoms with Crippen LogP contribution >= 0.6 is 0 Å². The Kier molecular flexibility index (Phi) is 3.41. The molecule has 5 nitrogen and oxygen atoms in total. The highest BCUT2D eigenvalue weighted by atomic mass is 16.4. The van der Waals surface area contributed by atoms with E-state index in [9.17, 15) is 19.8 Å². The maximum atomic E-state index is 11.6. The van der Waals surface area contributed by atoms with Crippen LogP contribution in [0.15, 0.2) is 0 Å². The molecule has 17 heavy (non-hydrogen) atoms. The number of amides is 1. The van der Waals surface area contributed by atoms with Crippen LogP contribution in [-0.2, 0) is 4.79 Å². The third-order valence-electron chi connectivity index (χ3n) is 3.89. The van der Waals surface area contributed by atoms with E-state index in [2.05, 4.69) is 0 Å². The van der Waals surface area contributed by atoms with Crippen molar-refractivity contribution in [3.05, 3.63) is 0 Å². The molecule has 0 aromatic carbocycles. The van der Waals surface area contributed by atoms with Crippen molar-refractivity contribution >= 4 is 12.1 Å². The zero-order valence-corrected chi connectivity index (χ0v) is 10.9. The maximum Gasteiger partial charge on any atom is 0.408 e. The lowest BCUT2D eigenvalue weighted by Crippen LogP contribution is -2.62. The van der Waals surface area contributed by atoms with E-state index >= 15 is 0 Å². The monoisotopic (exact) mass is 243 g/mol. The lowest BCUT2D eigenvalue weighted by molar-refractivity contribution is -0.156. The Bertz CT molecular complexity index is 334. The zero-order chi connectivity index (χ0) is 13.4. The van der Waals surface area contributed by atoms with Crippen LogP contribution < -0.4 is 0 Å². The SMILES string of the molecule is CC[C@@H]1CC[C@](C(=O)O)(C(C)(C)C)N1C(=O)O. The van der Waals surface area contributed by atoms with Crippen LogP contribution in [0.4, 0.5) is 4.79 Å². The molecule has 1 aliphatic rings. The molecule has 0 spiro atoms. The van der Waals surface area contributed by atoms with E-state index in [1.165, 1.54) is 0 Å². The second-order valence-corrected chi connectivity index (χ2v) is 5.67. The lowest BCUT2D eigenvalue weighted by atomic mass is 9.72. The molecule has 1 rings (SSSR count). The molecule has 0 aliphatic carbocycles. The van der Waals surface area contributed by atoms with Crippen molar-refractivity contribution in [2.24, 2.45) is 5.41 Å². The number of carboxylic acid groups (broad SMARTS) is 2. The van der Waals surface area contributed by atoms with Gasteiger partial charge < -0.3 is 10.2 Å². The number of carbonyl (C=O) groups is 2. The standard InChI is InChI=1S/C12H21NO4/c1-5-8-6-7-12(9(14)15,11(2,3)4)13(8)10(16)17/h8H,5-7H2,1-4H3,(H,14,15)(H,16,17)/t8-,12+/m1/s1. The highest BCUT2D eigenvalue weighted by Crippen LogP contribution is 2.47. The van der Waals surface area contributed by atoms with Gasteiger partial charge in [-0.05, 0) is 24.7 Å². The Morgan fingerprint density at radius 1 is 1.35 bits per heavy atom. The van der Waals surface area contributed by atoms with Crippen LogP contribution in [-0.4, -0.2) is 38.8 Å². The van der Waals surface area contributed by atoms with Gasteiger partial charge in [-0.2, -0.15) is 0 Å². The second kappa shape index (κ2) is 4.20. The van der Waals surface area contributed by atoms with E-state index in [0.29, 0.717) is 19.3 Å². The van der Waals surface area contributed by atoms with Gasteiger partial charge in [0.2, 0.25) is 0 Å². The highest BCUT2D eigenvalue weighted by molar-refractivity contribution is 5.86. The first-order valence-electron chi connectivity index (χ1n) is 5.94. The summed E-state index contributed by atoms with van der Waals surface area (Å²) in [6.45, 7) is 7.25. The summed E-state index contributed by atoms with van der Waals surface area (Å²) in [4.78, 5) is 24.2. The van der Waals surface area contributed by atoms with Crippen LogP contribution in [0.3, 0.4) is 0 Å². The molecule has 1 amide bonds. The third-order valence-corrected chi connectivity index (χ3v) is 3.89. The average Bonchev–Trinajstić information content (AvgIpc) is 2.56. The normalized spacial score (nSPS) is 29.4. The summed E-state index contributed by atoms with van der Waals surface area (Å²) in [6, 6.07) is -0.192. The molecule has 0 aromatic rings. The van der Waals surface area contributed by atoms with Gasteiger partial charge in [0.15, 0.2) is 0 Å². The third kappa shape index (κ3) is 1.87. The van der Waals surface area contributed by atoms with Gasteiger partial charge in [0.05, 0.1) is 0 Å². The van der Waals surface area contributed by atoms with Gasteiger partial charge in [-0.25, -0.2) is 9.59 Å². The van der Waals surface area contributed by atoms with Gasteiger partial charge in [-0.3, -0.25) is 4.90 Å². The first-order chi connectivity index (χ1) is 7.68. The van der Waals surface area contributed by atoms with Gasteiger partial charge in [0, 0.05) is 6.04 Å². The predicted molar refractivity (Wildman–Crippen MR) is 63.0 cm³/mol. The van der Waals surface area contributed by atoms with Gasteiger partial charge in [0.25, 0.3) is 0 Å². The summed E-state index contributed by atoms with van der Waals surface area (Å²) in [5.74, 6) is -1.04. The summed E-state index contributed by atoms with van der Waals surface area (Å²) in [5.41, 5.74) is -1.93. The van der Waals surface area contributed by atoms with Gasteiger partial charge in [0.1, 0.15) is 5.54 Å². The zero-order valence-electron chi connectivity index (χ0n) is 10.9. The summed E-state index contributed by atoms with van der Waals surface area (Å²) < 4.78 is 0. The van der Waals surface area contributed by atoms with Gasteiger partial charge in [-0.1, -0.05) is 27.7 Å². The Labute approximate surface area is 101 Å². The molecule has 5 heteroatoms. The highest BCUT2D eigenvalue weighted by Gasteiger charge is 2.60. The maximum absolute atomic E-state index is 11.6. The first kappa shape index (κ1) is 13.8. The molecule has 0 saturated carbocycles. The topological polar surface area (TPSA) is 77.8 Å². The van der Waals surface area contributed by atoms with E-state index in [1.807, 2.05) is 6.92 Å². The molecular formula is C12H21NO4. The van der Waals surface area contributed by atoms with Crippen molar-refractivity contribution in [1.29, 1.82) is 0 Å². The van der Waals surface area contributed by atoms with Crippen LogP contribution in [0.5, 0.6) is 0 Å². The summed E-state index contributed by atoms with van der Waals surface area (Å²) in [6.07, 6.45) is 0.520. The van der Waals surface area contributed by atoms with Crippen LogP contribution in [0, 0.1) is 5.41 Å². The summed E-state index contributed by atoms with van der Waals surface area (Å²) >= 11 is 0. The Hall–Kier alpha value is -1.26. The number of hydrogen-bond acceptors (Lipinski definition) is 2. The van der Waals surface area contributed by atoms with Gasteiger partial charge in [-0.15, -0.1) is 0 Å². The summed E-state index contributed by atoms with van der Waals surface area (Å²) in [5, 5.41) is 18.9. The molecule has 1 fully saturated rings. The molecule has 0 unspecified atom stereocenters. The Balaban J connectivity index is 3.32. The van der Waals surface area contributed by atoms with E-state index < -0.39 is 23.0 Å². The van der Waals surface area contributed by atoms with E-state index in [4.69, 9.17) is 0 Å². The minimum absolute atomic E-state index is 0.192. The second-order valence-electron chi connectivity index (χ2n) is 5.67. The summed E-state index contributed by atoms with van der Waals surface area (Å²) in [7, 11) is 0. The van der Waals surface area contributed by atoms with Crippen molar-refractivity contribution in [1.82, 2.24) is 4.90 Å². The smallest absolute Gasteiger partial charge is 0.408 e. The lowest BCUT2D eigenvalue weighted by Gasteiger charge is -2.44. The molecule has 1 heterocycles. The minimum Gasteiger partial charge on any atom is -0.479 e. The average molecular weight is 243 g/mol. The fourth-order valence-corrected chi connectivity index (χ4v) is 2.91. The van der Waals surface area contributed by atoms with Crippen molar-refractivity contribution in [2.75, 3.05) is 0 Å². The fourth-order valence-electron chi connectivity index (χ4n) is 2.91. The molecule has 1 saturated heterocycles. The number of nitrogens with zero attached hydrogens (tertiary/aromatic N) is 1. The fraction of sp³-hybridized carbons (Fsp3) is 0.833. The van der Waals surface area contributed by atoms with Crippen LogP contribution in [0.1, 0.15) is 47.0 Å².